The van der Waals surface area contributed by atoms with Crippen molar-refractivity contribution < 1.29 is 9.50 Å². The van der Waals surface area contributed by atoms with Crippen LogP contribution >= 0.6 is 0 Å². The van der Waals surface area contributed by atoms with Crippen LogP contribution in [0.25, 0.3) is 0 Å². The Morgan fingerprint density at radius 3 is 2.95 bits per heavy atom. The van der Waals surface area contributed by atoms with E-state index in [1.54, 1.807) is 6.08 Å². The van der Waals surface area contributed by atoms with E-state index in [9.17, 15) is 9.50 Å². The zero-order valence-corrected chi connectivity index (χ0v) is 13.0. The van der Waals surface area contributed by atoms with Gasteiger partial charge in [-0.05, 0) is 30.9 Å². The van der Waals surface area contributed by atoms with Crippen LogP contribution in [0.1, 0.15) is 32.6 Å². The Bertz CT molecular complexity index is 545. The fraction of sp³-hybridized carbons (Fsp3) is 0.471. The standard InChI is InChI=1S/C17H24FN3O/c1-3-10-19-17(20-14-7-5-4-6-12(14)2)21-15-11-13(18)8-9-16(15)22/h3,8-9,11-12,14,22H,1,4-7,10H2,2H3,(H2,19,20,21). The molecule has 0 radical (unpaired) electrons. The summed E-state index contributed by atoms with van der Waals surface area (Å²) in [6.07, 6.45) is 6.43. The molecule has 2 unspecified atom stereocenters. The summed E-state index contributed by atoms with van der Waals surface area (Å²) in [4.78, 5) is 4.38. The molecule has 2 atom stereocenters. The average molecular weight is 305 g/mol. The van der Waals surface area contributed by atoms with E-state index in [4.69, 9.17) is 0 Å². The van der Waals surface area contributed by atoms with Crippen LogP contribution in [0.3, 0.4) is 0 Å². The number of phenolic OH excluding ortho intramolecular Hbond substituents is 1. The van der Waals surface area contributed by atoms with Crippen LogP contribution in [0.5, 0.6) is 5.75 Å². The van der Waals surface area contributed by atoms with Crippen molar-refractivity contribution in [1.29, 1.82) is 0 Å². The van der Waals surface area contributed by atoms with Gasteiger partial charge in [0, 0.05) is 12.1 Å². The predicted octanol–water partition coefficient (Wildman–Crippen LogP) is 3.65. The molecule has 0 aliphatic heterocycles. The van der Waals surface area contributed by atoms with Crippen LogP contribution < -0.4 is 10.6 Å². The summed E-state index contributed by atoms with van der Waals surface area (Å²) in [5, 5.41) is 16.2. The van der Waals surface area contributed by atoms with Crippen molar-refractivity contribution in [2.24, 2.45) is 10.9 Å². The van der Waals surface area contributed by atoms with E-state index in [2.05, 4.69) is 29.1 Å². The van der Waals surface area contributed by atoms with Gasteiger partial charge in [0.05, 0.1) is 12.2 Å². The molecule has 0 bridgehead atoms. The van der Waals surface area contributed by atoms with Gasteiger partial charge in [0.1, 0.15) is 11.6 Å². The van der Waals surface area contributed by atoms with E-state index in [-0.39, 0.29) is 5.75 Å². The molecule has 1 aromatic rings. The molecule has 22 heavy (non-hydrogen) atoms. The molecule has 1 aliphatic rings. The molecule has 5 heteroatoms. The summed E-state index contributed by atoms with van der Waals surface area (Å²) in [6, 6.07) is 4.13. The first-order valence-electron chi connectivity index (χ1n) is 7.77. The first kappa shape index (κ1) is 16.3. The van der Waals surface area contributed by atoms with Crippen molar-refractivity contribution in [1.82, 2.24) is 5.32 Å². The molecular formula is C17H24FN3O. The highest BCUT2D eigenvalue weighted by molar-refractivity contribution is 5.95. The summed E-state index contributed by atoms with van der Waals surface area (Å²) < 4.78 is 13.3. The third kappa shape index (κ3) is 4.48. The summed E-state index contributed by atoms with van der Waals surface area (Å²) >= 11 is 0. The summed E-state index contributed by atoms with van der Waals surface area (Å²) in [6.45, 7) is 6.34. The summed E-state index contributed by atoms with van der Waals surface area (Å²) in [7, 11) is 0. The Balaban J connectivity index is 2.12. The normalized spacial score (nSPS) is 22.2. The maximum Gasteiger partial charge on any atom is 0.196 e. The molecule has 0 spiro atoms. The number of hydrogen-bond donors (Lipinski definition) is 3. The maximum absolute atomic E-state index is 13.3. The molecule has 0 heterocycles. The molecule has 0 aromatic heterocycles. The first-order chi connectivity index (χ1) is 10.6. The Morgan fingerprint density at radius 2 is 2.23 bits per heavy atom. The van der Waals surface area contributed by atoms with Crippen LogP contribution in [0, 0.1) is 11.7 Å². The number of guanidine groups is 1. The zero-order valence-electron chi connectivity index (χ0n) is 13.0. The molecule has 3 N–H and O–H groups in total. The Kier molecular flexibility index (Phi) is 5.81. The van der Waals surface area contributed by atoms with Gasteiger partial charge in [-0.2, -0.15) is 0 Å². The number of halogens is 1. The lowest BCUT2D eigenvalue weighted by molar-refractivity contribution is 0.308. The smallest absolute Gasteiger partial charge is 0.196 e. The number of nitrogens with zero attached hydrogens (tertiary/aromatic N) is 1. The molecule has 1 saturated carbocycles. The SMILES string of the molecule is C=CCN=C(Nc1cc(F)ccc1O)NC1CCCCC1C. The average Bonchev–Trinajstić information content (AvgIpc) is 2.50. The highest BCUT2D eigenvalue weighted by Crippen LogP contribution is 2.25. The van der Waals surface area contributed by atoms with E-state index < -0.39 is 5.82 Å². The highest BCUT2D eigenvalue weighted by Gasteiger charge is 2.22. The van der Waals surface area contributed by atoms with E-state index in [0.717, 1.165) is 6.42 Å². The van der Waals surface area contributed by atoms with Gasteiger partial charge in [0.15, 0.2) is 5.96 Å². The third-order valence-corrected chi connectivity index (χ3v) is 4.02. The quantitative estimate of drug-likeness (QED) is 0.344. The van der Waals surface area contributed by atoms with E-state index in [0.29, 0.717) is 30.2 Å². The largest absolute Gasteiger partial charge is 0.506 e. The number of aromatic hydroxyl groups is 1. The zero-order chi connectivity index (χ0) is 15.9. The Hall–Kier alpha value is -2.04. The van der Waals surface area contributed by atoms with E-state index in [1.165, 1.54) is 37.5 Å². The lowest BCUT2D eigenvalue weighted by Crippen LogP contribution is -2.44. The maximum atomic E-state index is 13.3. The molecule has 4 nitrogen and oxygen atoms in total. The number of phenols is 1. The molecule has 1 aromatic carbocycles. The molecule has 0 amide bonds. The van der Waals surface area contributed by atoms with E-state index in [1.807, 2.05) is 0 Å². The van der Waals surface area contributed by atoms with Crippen molar-refractivity contribution in [3.8, 4) is 5.75 Å². The van der Waals surface area contributed by atoms with Crippen molar-refractivity contribution >= 4 is 11.6 Å². The van der Waals surface area contributed by atoms with Crippen LogP contribution in [0.2, 0.25) is 0 Å². The van der Waals surface area contributed by atoms with Crippen LogP contribution in [-0.4, -0.2) is 23.7 Å². The number of hydrogen-bond acceptors (Lipinski definition) is 2. The summed E-state index contributed by atoms with van der Waals surface area (Å²) in [5.74, 6) is 0.686. The number of anilines is 1. The Morgan fingerprint density at radius 1 is 1.45 bits per heavy atom. The van der Waals surface area contributed by atoms with Crippen molar-refractivity contribution in [3.63, 3.8) is 0 Å². The fourth-order valence-corrected chi connectivity index (χ4v) is 2.72. The highest BCUT2D eigenvalue weighted by atomic mass is 19.1. The van der Waals surface area contributed by atoms with Gasteiger partial charge in [0.25, 0.3) is 0 Å². The molecule has 120 valence electrons. The number of benzene rings is 1. The minimum absolute atomic E-state index is 0.00815. The van der Waals surface area contributed by atoms with Gasteiger partial charge >= 0.3 is 0 Å². The van der Waals surface area contributed by atoms with Gasteiger partial charge in [-0.1, -0.05) is 25.8 Å². The minimum atomic E-state index is -0.408. The number of rotatable bonds is 4. The van der Waals surface area contributed by atoms with Gasteiger partial charge in [-0.25, -0.2) is 9.38 Å². The van der Waals surface area contributed by atoms with Crippen LogP contribution in [-0.2, 0) is 0 Å². The minimum Gasteiger partial charge on any atom is -0.506 e. The lowest BCUT2D eigenvalue weighted by atomic mass is 9.86. The van der Waals surface area contributed by atoms with Gasteiger partial charge in [0.2, 0.25) is 0 Å². The molecule has 0 saturated heterocycles. The fourth-order valence-electron chi connectivity index (χ4n) is 2.72. The number of nitrogens with one attached hydrogen (secondary N) is 2. The van der Waals surface area contributed by atoms with Crippen molar-refractivity contribution in [2.45, 2.75) is 38.6 Å². The molecular weight excluding hydrogens is 281 g/mol. The monoisotopic (exact) mass is 305 g/mol. The van der Waals surface area contributed by atoms with Crippen LogP contribution in [0.4, 0.5) is 10.1 Å². The second-order valence-corrected chi connectivity index (χ2v) is 5.78. The topological polar surface area (TPSA) is 56.7 Å². The third-order valence-electron chi connectivity index (χ3n) is 4.02. The second kappa shape index (κ2) is 7.82. The lowest BCUT2D eigenvalue weighted by Gasteiger charge is -2.31. The summed E-state index contributed by atoms with van der Waals surface area (Å²) in [5.41, 5.74) is 0.304. The van der Waals surface area contributed by atoms with Gasteiger partial charge < -0.3 is 15.7 Å². The van der Waals surface area contributed by atoms with Crippen LogP contribution in [0.15, 0.2) is 35.8 Å². The van der Waals surface area contributed by atoms with Crippen molar-refractivity contribution in [3.05, 3.63) is 36.7 Å². The van der Waals surface area contributed by atoms with Gasteiger partial charge in [-0.15, -0.1) is 6.58 Å². The number of aliphatic imine (C=N–C) groups is 1. The second-order valence-electron chi connectivity index (χ2n) is 5.78. The van der Waals surface area contributed by atoms with Crippen molar-refractivity contribution in [2.75, 3.05) is 11.9 Å². The van der Waals surface area contributed by atoms with E-state index >= 15 is 0 Å². The Labute approximate surface area is 131 Å². The molecule has 2 rings (SSSR count). The first-order valence-corrected chi connectivity index (χ1v) is 7.77. The predicted molar refractivity (Wildman–Crippen MR) is 88.7 cm³/mol. The molecule has 1 aliphatic carbocycles. The molecule has 1 fully saturated rings. The van der Waals surface area contributed by atoms with Gasteiger partial charge in [-0.3, -0.25) is 0 Å².